The van der Waals surface area contributed by atoms with Gasteiger partial charge in [-0.05, 0) is 25.0 Å². The fourth-order valence-corrected chi connectivity index (χ4v) is 2.06. The molecular weight excluding hydrogens is 289 g/mol. The van der Waals surface area contributed by atoms with Gasteiger partial charge < -0.3 is 10.4 Å². The average molecular weight is 304 g/mol. The van der Waals surface area contributed by atoms with Gasteiger partial charge >= 0.3 is 0 Å². The summed E-state index contributed by atoms with van der Waals surface area (Å²) in [4.78, 5) is 11.8. The molecule has 0 aromatic heterocycles. The van der Waals surface area contributed by atoms with E-state index in [0.717, 1.165) is 24.2 Å². The first-order chi connectivity index (χ1) is 8.10. The quantitative estimate of drug-likeness (QED) is 0.822. The Balaban J connectivity index is 2.82. The first kappa shape index (κ1) is 14.0. The third-order valence-electron chi connectivity index (χ3n) is 2.50. The largest absolute Gasteiger partial charge is 0.507 e. The van der Waals surface area contributed by atoms with E-state index < -0.39 is 11.7 Å². The van der Waals surface area contributed by atoms with Crippen LogP contribution in [0.15, 0.2) is 18.2 Å². The van der Waals surface area contributed by atoms with Crippen molar-refractivity contribution in [2.45, 2.75) is 25.8 Å². The maximum atomic E-state index is 13.4. The van der Waals surface area contributed by atoms with Crippen LogP contribution in [0.4, 0.5) is 4.39 Å². The van der Waals surface area contributed by atoms with E-state index >= 15 is 0 Å². The van der Waals surface area contributed by atoms with Crippen molar-refractivity contribution in [2.75, 3.05) is 5.33 Å². The molecule has 3 nitrogen and oxygen atoms in total. The van der Waals surface area contributed by atoms with Crippen LogP contribution >= 0.6 is 15.9 Å². The minimum atomic E-state index is -0.712. The van der Waals surface area contributed by atoms with E-state index in [-0.39, 0.29) is 17.4 Å². The number of aromatic hydroxyl groups is 1. The molecule has 0 saturated heterocycles. The number of alkyl halides is 1. The van der Waals surface area contributed by atoms with Crippen LogP contribution in [0.25, 0.3) is 0 Å². The Hall–Kier alpha value is -1.10. The van der Waals surface area contributed by atoms with E-state index in [1.165, 1.54) is 12.1 Å². The fourth-order valence-electron chi connectivity index (χ4n) is 1.51. The van der Waals surface area contributed by atoms with E-state index in [4.69, 9.17) is 0 Å². The molecule has 0 heterocycles. The van der Waals surface area contributed by atoms with Crippen LogP contribution in [-0.2, 0) is 0 Å². The van der Waals surface area contributed by atoms with Gasteiger partial charge in [0.1, 0.15) is 17.1 Å². The summed E-state index contributed by atoms with van der Waals surface area (Å²) in [5.74, 6) is -1.62. The Morgan fingerprint density at radius 3 is 2.82 bits per heavy atom. The van der Waals surface area contributed by atoms with Crippen LogP contribution in [0.5, 0.6) is 5.75 Å². The number of carbonyl (C=O) groups excluding carboxylic acids is 1. The number of hydrogen-bond donors (Lipinski definition) is 2. The van der Waals surface area contributed by atoms with E-state index in [9.17, 15) is 14.3 Å². The Labute approximate surface area is 108 Å². The second kappa shape index (κ2) is 6.59. The number of halogens is 2. The molecule has 94 valence electrons. The van der Waals surface area contributed by atoms with Crippen molar-refractivity contribution in [3.05, 3.63) is 29.6 Å². The van der Waals surface area contributed by atoms with Crippen LogP contribution in [0, 0.1) is 5.82 Å². The van der Waals surface area contributed by atoms with Gasteiger partial charge in [-0.15, -0.1) is 0 Å². The lowest BCUT2D eigenvalue weighted by Gasteiger charge is -2.16. The van der Waals surface area contributed by atoms with Gasteiger partial charge in [-0.3, -0.25) is 4.79 Å². The highest BCUT2D eigenvalue weighted by Crippen LogP contribution is 2.19. The lowest BCUT2D eigenvalue weighted by atomic mass is 10.1. The minimum absolute atomic E-state index is 0.0270. The van der Waals surface area contributed by atoms with Gasteiger partial charge in [0.25, 0.3) is 5.91 Å². The highest BCUT2D eigenvalue weighted by atomic mass is 79.9. The summed E-state index contributed by atoms with van der Waals surface area (Å²) in [6.07, 6.45) is 1.52. The number of phenols is 1. The highest BCUT2D eigenvalue weighted by molar-refractivity contribution is 9.09. The molecule has 0 aliphatic rings. The van der Waals surface area contributed by atoms with E-state index in [1.54, 1.807) is 0 Å². The number of phenolic OH excluding ortho intramolecular Hbond substituents is 1. The Morgan fingerprint density at radius 2 is 2.29 bits per heavy atom. The molecule has 1 rings (SSSR count). The molecule has 0 fully saturated rings. The number of rotatable bonds is 5. The van der Waals surface area contributed by atoms with Gasteiger partial charge in [-0.25, -0.2) is 4.39 Å². The molecule has 2 N–H and O–H groups in total. The van der Waals surface area contributed by atoms with Gasteiger partial charge in [0.15, 0.2) is 0 Å². The van der Waals surface area contributed by atoms with Crippen LogP contribution in [0.1, 0.15) is 30.1 Å². The predicted octanol–water partition coefficient (Wildman–Crippen LogP) is 2.82. The Bertz CT molecular complexity index is 378. The van der Waals surface area contributed by atoms with Gasteiger partial charge in [-0.1, -0.05) is 28.9 Å². The number of amides is 1. The number of carbonyl (C=O) groups is 1. The van der Waals surface area contributed by atoms with E-state index in [2.05, 4.69) is 21.2 Å². The van der Waals surface area contributed by atoms with Gasteiger partial charge in [0, 0.05) is 11.4 Å². The molecule has 1 unspecified atom stereocenters. The molecule has 1 amide bonds. The van der Waals surface area contributed by atoms with Crippen molar-refractivity contribution < 1.29 is 14.3 Å². The second-order valence-electron chi connectivity index (χ2n) is 3.69. The Morgan fingerprint density at radius 1 is 1.59 bits per heavy atom. The van der Waals surface area contributed by atoms with Crippen molar-refractivity contribution in [1.29, 1.82) is 0 Å². The van der Waals surface area contributed by atoms with Crippen molar-refractivity contribution in [2.24, 2.45) is 0 Å². The molecule has 17 heavy (non-hydrogen) atoms. The summed E-state index contributed by atoms with van der Waals surface area (Å²) >= 11 is 3.29. The first-order valence-electron chi connectivity index (χ1n) is 5.44. The van der Waals surface area contributed by atoms with Crippen molar-refractivity contribution in [3.8, 4) is 5.75 Å². The average Bonchev–Trinajstić information content (AvgIpc) is 2.28. The molecule has 1 aromatic rings. The lowest BCUT2D eigenvalue weighted by molar-refractivity contribution is 0.0928. The van der Waals surface area contributed by atoms with E-state index in [0.29, 0.717) is 0 Å². The van der Waals surface area contributed by atoms with Crippen LogP contribution in [-0.4, -0.2) is 22.4 Å². The maximum Gasteiger partial charge on any atom is 0.258 e. The van der Waals surface area contributed by atoms with Crippen LogP contribution in [0.3, 0.4) is 0 Å². The summed E-state index contributed by atoms with van der Waals surface area (Å²) in [6.45, 7) is 1.94. The number of hydrogen-bond acceptors (Lipinski definition) is 2. The normalized spacial score (nSPS) is 12.2. The van der Waals surface area contributed by atoms with Crippen molar-refractivity contribution >= 4 is 21.8 Å². The standard InChI is InChI=1S/C12H15BrFNO2/c1-2-8(6-7-13)15-12(17)11-9(14)4-3-5-10(11)16/h3-5,8,16H,2,6-7H2,1H3,(H,15,17). The molecule has 0 aliphatic heterocycles. The summed E-state index contributed by atoms with van der Waals surface area (Å²) in [5.41, 5.74) is -0.291. The van der Waals surface area contributed by atoms with Crippen molar-refractivity contribution in [3.63, 3.8) is 0 Å². The van der Waals surface area contributed by atoms with E-state index in [1.807, 2.05) is 6.92 Å². The molecule has 1 atom stereocenters. The topological polar surface area (TPSA) is 49.3 Å². The predicted molar refractivity (Wildman–Crippen MR) is 68.0 cm³/mol. The van der Waals surface area contributed by atoms with Gasteiger partial charge in [0.05, 0.1) is 0 Å². The van der Waals surface area contributed by atoms with Crippen LogP contribution < -0.4 is 5.32 Å². The zero-order valence-electron chi connectivity index (χ0n) is 9.54. The van der Waals surface area contributed by atoms with Gasteiger partial charge in [0.2, 0.25) is 0 Å². The Kier molecular flexibility index (Phi) is 5.41. The summed E-state index contributed by atoms with van der Waals surface area (Å²) in [5, 5.41) is 12.9. The minimum Gasteiger partial charge on any atom is -0.507 e. The summed E-state index contributed by atoms with van der Waals surface area (Å²) < 4.78 is 13.4. The van der Waals surface area contributed by atoms with Gasteiger partial charge in [-0.2, -0.15) is 0 Å². The smallest absolute Gasteiger partial charge is 0.258 e. The number of benzene rings is 1. The zero-order valence-corrected chi connectivity index (χ0v) is 11.1. The molecule has 5 heteroatoms. The summed E-state index contributed by atoms with van der Waals surface area (Å²) in [7, 11) is 0. The first-order valence-corrected chi connectivity index (χ1v) is 6.56. The third kappa shape index (κ3) is 3.70. The molecule has 0 aliphatic carbocycles. The lowest BCUT2D eigenvalue weighted by Crippen LogP contribution is -2.35. The second-order valence-corrected chi connectivity index (χ2v) is 4.48. The highest BCUT2D eigenvalue weighted by Gasteiger charge is 2.18. The van der Waals surface area contributed by atoms with Crippen molar-refractivity contribution in [1.82, 2.24) is 5.32 Å². The molecular formula is C12H15BrFNO2. The molecule has 0 bridgehead atoms. The molecule has 1 aromatic carbocycles. The zero-order chi connectivity index (χ0) is 12.8. The van der Waals surface area contributed by atoms with Crippen LogP contribution in [0.2, 0.25) is 0 Å². The molecule has 0 radical (unpaired) electrons. The third-order valence-corrected chi connectivity index (χ3v) is 2.96. The molecule has 0 saturated carbocycles. The monoisotopic (exact) mass is 303 g/mol. The number of nitrogens with one attached hydrogen (secondary N) is 1. The summed E-state index contributed by atoms with van der Waals surface area (Å²) in [6, 6.07) is 3.78. The fraction of sp³-hybridized carbons (Fsp3) is 0.417. The maximum absolute atomic E-state index is 13.4. The molecule has 0 spiro atoms. The SMILES string of the molecule is CCC(CCBr)NC(=O)c1c(O)cccc1F.